The smallest absolute Gasteiger partial charge is 0.255 e. The van der Waals surface area contributed by atoms with Gasteiger partial charge in [0.05, 0.1) is 18.8 Å². The van der Waals surface area contributed by atoms with E-state index in [2.05, 4.69) is 23.1 Å². The molecule has 0 radical (unpaired) electrons. The third-order valence-corrected chi connectivity index (χ3v) is 6.78. The maximum absolute atomic E-state index is 13.2. The molecule has 0 aromatic heterocycles. The fraction of sp³-hybridized carbons (Fsp3) is 0.435. The first-order valence-corrected chi connectivity index (χ1v) is 11.2. The van der Waals surface area contributed by atoms with Crippen molar-refractivity contribution < 1.29 is 14.3 Å². The second-order valence-electron chi connectivity index (χ2n) is 7.42. The third kappa shape index (κ3) is 4.87. The van der Waals surface area contributed by atoms with Gasteiger partial charge in [-0.2, -0.15) is 0 Å². The Morgan fingerprint density at radius 1 is 1.10 bits per heavy atom. The maximum atomic E-state index is 13.2. The van der Waals surface area contributed by atoms with Crippen LogP contribution in [-0.2, 0) is 4.74 Å². The van der Waals surface area contributed by atoms with Crippen LogP contribution in [0.15, 0.2) is 53.4 Å². The number of ether oxygens (including phenoxy) is 2. The quantitative estimate of drug-likeness (QED) is 0.673. The van der Waals surface area contributed by atoms with E-state index >= 15 is 0 Å². The van der Waals surface area contributed by atoms with Crippen LogP contribution in [0.5, 0.6) is 5.75 Å². The summed E-state index contributed by atoms with van der Waals surface area (Å²) in [4.78, 5) is 18.5. The van der Waals surface area contributed by atoms with E-state index in [-0.39, 0.29) is 5.91 Å². The van der Waals surface area contributed by atoms with E-state index in [1.54, 1.807) is 18.9 Å². The number of nitrogens with zero attached hydrogens (tertiary/aromatic N) is 2. The lowest BCUT2D eigenvalue weighted by molar-refractivity contribution is 0.0743. The van der Waals surface area contributed by atoms with Crippen LogP contribution < -0.4 is 9.64 Å². The van der Waals surface area contributed by atoms with E-state index in [0.717, 1.165) is 67.6 Å². The molecule has 0 saturated carbocycles. The molecule has 0 aliphatic carbocycles. The van der Waals surface area contributed by atoms with Crippen LogP contribution in [0.3, 0.4) is 0 Å². The Morgan fingerprint density at radius 2 is 1.86 bits per heavy atom. The summed E-state index contributed by atoms with van der Waals surface area (Å²) in [7, 11) is 1.68. The molecule has 0 spiro atoms. The first-order chi connectivity index (χ1) is 14.2. The average Bonchev–Trinajstić information content (AvgIpc) is 3.31. The van der Waals surface area contributed by atoms with Crippen molar-refractivity contribution in [3.63, 3.8) is 0 Å². The molecule has 1 atom stereocenters. The van der Waals surface area contributed by atoms with E-state index in [4.69, 9.17) is 9.47 Å². The Balaban J connectivity index is 1.36. The molecule has 1 amide bonds. The van der Waals surface area contributed by atoms with Gasteiger partial charge in [-0.1, -0.05) is 12.1 Å². The van der Waals surface area contributed by atoms with Gasteiger partial charge in [0.2, 0.25) is 0 Å². The van der Waals surface area contributed by atoms with E-state index in [1.807, 2.05) is 35.2 Å². The normalized spacial score (nSPS) is 19.4. The monoisotopic (exact) mass is 412 g/mol. The van der Waals surface area contributed by atoms with Gasteiger partial charge >= 0.3 is 0 Å². The summed E-state index contributed by atoms with van der Waals surface area (Å²) in [6.07, 6.45) is 2.58. The zero-order valence-corrected chi connectivity index (χ0v) is 17.7. The minimum Gasteiger partial charge on any atom is -0.497 e. The zero-order valence-electron chi connectivity index (χ0n) is 16.9. The highest BCUT2D eigenvalue weighted by molar-refractivity contribution is 7.99. The van der Waals surface area contributed by atoms with Crippen molar-refractivity contribution in [3.8, 4) is 5.75 Å². The van der Waals surface area contributed by atoms with E-state index in [1.165, 1.54) is 5.69 Å². The fourth-order valence-corrected chi connectivity index (χ4v) is 4.97. The summed E-state index contributed by atoms with van der Waals surface area (Å²) >= 11 is 1.74. The number of piperazine rings is 1. The molecule has 154 valence electrons. The maximum Gasteiger partial charge on any atom is 0.255 e. The highest BCUT2D eigenvalue weighted by Gasteiger charge is 2.24. The molecule has 29 heavy (non-hydrogen) atoms. The predicted octanol–water partition coefficient (Wildman–Crippen LogP) is 3.93. The number of hydrogen-bond donors (Lipinski definition) is 0. The summed E-state index contributed by atoms with van der Waals surface area (Å²) in [5.74, 6) is 1.91. The van der Waals surface area contributed by atoms with Crippen molar-refractivity contribution in [1.82, 2.24) is 4.90 Å². The zero-order chi connectivity index (χ0) is 20.1. The molecule has 2 aliphatic heterocycles. The molecule has 1 unspecified atom stereocenters. The van der Waals surface area contributed by atoms with Gasteiger partial charge in [-0.25, -0.2) is 0 Å². The number of thioether (sulfide) groups is 1. The van der Waals surface area contributed by atoms with Gasteiger partial charge in [-0.15, -0.1) is 11.8 Å². The number of anilines is 1. The number of methoxy groups -OCH3 is 1. The van der Waals surface area contributed by atoms with Crippen molar-refractivity contribution in [2.45, 2.75) is 23.8 Å². The number of carbonyl (C=O) groups is 1. The number of rotatable bonds is 6. The van der Waals surface area contributed by atoms with Crippen molar-refractivity contribution in [1.29, 1.82) is 0 Å². The highest BCUT2D eigenvalue weighted by Crippen LogP contribution is 2.28. The third-order valence-electron chi connectivity index (χ3n) is 5.57. The second-order valence-corrected chi connectivity index (χ2v) is 8.48. The topological polar surface area (TPSA) is 42.0 Å². The molecule has 2 heterocycles. The largest absolute Gasteiger partial charge is 0.497 e. The van der Waals surface area contributed by atoms with Crippen LogP contribution in [0.25, 0.3) is 0 Å². The molecule has 0 bridgehead atoms. The average molecular weight is 413 g/mol. The Hall–Kier alpha value is -2.18. The minimum atomic E-state index is 0.134. The summed E-state index contributed by atoms with van der Waals surface area (Å²) in [6, 6.07) is 16.1. The molecule has 2 fully saturated rings. The molecule has 0 N–H and O–H groups in total. The molecule has 2 saturated heterocycles. The lowest BCUT2D eigenvalue weighted by atomic mass is 10.1. The summed E-state index contributed by atoms with van der Waals surface area (Å²) < 4.78 is 11.0. The summed E-state index contributed by atoms with van der Waals surface area (Å²) in [6.45, 7) is 4.00. The fourth-order valence-electron chi connectivity index (χ4n) is 3.86. The second kappa shape index (κ2) is 9.55. The number of benzene rings is 2. The lowest BCUT2D eigenvalue weighted by Crippen LogP contribution is -2.48. The molecule has 5 nitrogen and oxygen atoms in total. The van der Waals surface area contributed by atoms with Gasteiger partial charge in [0, 0.05) is 49.1 Å². The van der Waals surface area contributed by atoms with Gasteiger partial charge in [0.1, 0.15) is 5.75 Å². The summed E-state index contributed by atoms with van der Waals surface area (Å²) in [5, 5.41) is 0. The van der Waals surface area contributed by atoms with Crippen molar-refractivity contribution in [2.24, 2.45) is 0 Å². The number of amides is 1. The Labute approximate surface area is 177 Å². The molecular weight excluding hydrogens is 384 g/mol. The van der Waals surface area contributed by atoms with Crippen molar-refractivity contribution >= 4 is 23.4 Å². The number of carbonyl (C=O) groups excluding carboxylic acids is 1. The van der Waals surface area contributed by atoms with Crippen LogP contribution in [0.4, 0.5) is 5.69 Å². The summed E-state index contributed by atoms with van der Waals surface area (Å²) in [5.41, 5.74) is 1.99. The molecule has 6 heteroatoms. The predicted molar refractivity (Wildman–Crippen MR) is 117 cm³/mol. The number of hydrogen-bond acceptors (Lipinski definition) is 5. The van der Waals surface area contributed by atoms with Crippen LogP contribution in [-0.4, -0.2) is 62.6 Å². The lowest BCUT2D eigenvalue weighted by Gasteiger charge is -2.36. The standard InChI is InChI=1S/C23H28N2O3S/c1-27-19-10-8-18(9-11-19)24-12-14-25(15-13-24)23(26)21-6-2-3-7-22(21)29-17-20-5-4-16-28-20/h2-3,6-11,20H,4-5,12-17H2,1H3. The van der Waals surface area contributed by atoms with E-state index < -0.39 is 0 Å². The molecule has 4 rings (SSSR count). The molecule has 2 aromatic carbocycles. The molecule has 2 aliphatic rings. The van der Waals surface area contributed by atoms with Crippen LogP contribution in [0, 0.1) is 0 Å². The molecule has 2 aromatic rings. The highest BCUT2D eigenvalue weighted by atomic mass is 32.2. The van der Waals surface area contributed by atoms with Gasteiger partial charge in [-0.3, -0.25) is 4.79 Å². The minimum absolute atomic E-state index is 0.134. The Morgan fingerprint density at radius 3 is 2.55 bits per heavy atom. The first-order valence-electron chi connectivity index (χ1n) is 10.3. The van der Waals surface area contributed by atoms with E-state index in [0.29, 0.717) is 6.10 Å². The van der Waals surface area contributed by atoms with Gasteiger partial charge in [-0.05, 0) is 49.2 Å². The molecular formula is C23H28N2O3S. The van der Waals surface area contributed by atoms with Crippen molar-refractivity contribution in [3.05, 3.63) is 54.1 Å². The van der Waals surface area contributed by atoms with Crippen LogP contribution in [0.1, 0.15) is 23.2 Å². The van der Waals surface area contributed by atoms with Crippen LogP contribution in [0.2, 0.25) is 0 Å². The Bertz CT molecular complexity index is 813. The Kier molecular flexibility index (Phi) is 6.62. The first kappa shape index (κ1) is 20.1. The van der Waals surface area contributed by atoms with Gasteiger partial charge in [0.15, 0.2) is 0 Å². The van der Waals surface area contributed by atoms with Gasteiger partial charge < -0.3 is 19.3 Å². The van der Waals surface area contributed by atoms with Gasteiger partial charge in [0.25, 0.3) is 5.91 Å². The van der Waals surface area contributed by atoms with Crippen molar-refractivity contribution in [2.75, 3.05) is 50.5 Å². The SMILES string of the molecule is COc1ccc(N2CCN(C(=O)c3ccccc3SCC3CCCO3)CC2)cc1. The van der Waals surface area contributed by atoms with E-state index in [9.17, 15) is 4.79 Å². The van der Waals surface area contributed by atoms with Crippen LogP contribution >= 0.6 is 11.8 Å².